The van der Waals surface area contributed by atoms with Gasteiger partial charge in [0.1, 0.15) is 0 Å². The van der Waals surface area contributed by atoms with Gasteiger partial charge in [-0.05, 0) is 54.7 Å². The van der Waals surface area contributed by atoms with E-state index in [0.29, 0.717) is 6.42 Å². The Bertz CT molecular complexity index is 569. The normalized spacial score (nSPS) is 19.7. The van der Waals surface area contributed by atoms with Crippen LogP contribution in [0.4, 0.5) is 0 Å². The average molecular weight is 319 g/mol. The first kappa shape index (κ1) is 17.3. The predicted molar refractivity (Wildman–Crippen MR) is 96.2 cm³/mol. The Labute approximate surface area is 139 Å². The average Bonchev–Trinajstić information content (AvgIpc) is 2.46. The Morgan fingerprint density at radius 3 is 2.77 bits per heavy atom. The summed E-state index contributed by atoms with van der Waals surface area (Å²) in [6.07, 6.45) is 8.38. The number of rotatable bonds is 5. The van der Waals surface area contributed by atoms with Crippen LogP contribution in [0.15, 0.2) is 41.5 Å². The maximum absolute atomic E-state index is 9.68. The monoisotopic (exact) mass is 318 g/mol. The summed E-state index contributed by atoms with van der Waals surface area (Å²) >= 11 is 5.68. The minimum absolute atomic E-state index is 0.269. The minimum atomic E-state index is -0.469. The van der Waals surface area contributed by atoms with Gasteiger partial charge in [0.15, 0.2) is 0 Å². The van der Waals surface area contributed by atoms with Crippen molar-refractivity contribution in [2.24, 2.45) is 5.41 Å². The molecule has 1 nitrogen and oxygen atoms in total. The smallest absolute Gasteiger partial charge is 0.0715 e. The first-order chi connectivity index (χ1) is 10.4. The van der Waals surface area contributed by atoms with E-state index >= 15 is 0 Å². The summed E-state index contributed by atoms with van der Waals surface area (Å²) < 4.78 is 0. The molecule has 1 aromatic carbocycles. The second-order valence-corrected chi connectivity index (χ2v) is 7.33. The Hall–Kier alpha value is -1.05. The maximum Gasteiger partial charge on any atom is 0.0715 e. The van der Waals surface area contributed by atoms with Gasteiger partial charge >= 0.3 is 0 Å². The van der Waals surface area contributed by atoms with E-state index < -0.39 is 6.10 Å². The van der Waals surface area contributed by atoms with Gasteiger partial charge in [-0.3, -0.25) is 0 Å². The van der Waals surface area contributed by atoms with Crippen molar-refractivity contribution in [1.29, 1.82) is 0 Å². The molecular weight excluding hydrogens is 292 g/mol. The summed E-state index contributed by atoms with van der Waals surface area (Å²) in [4.78, 5) is 0. The van der Waals surface area contributed by atoms with Gasteiger partial charge in [-0.2, -0.15) is 0 Å². The Kier molecular flexibility index (Phi) is 5.88. The molecule has 1 aliphatic rings. The third-order valence-electron chi connectivity index (χ3n) is 4.59. The molecule has 0 radical (unpaired) electrons. The van der Waals surface area contributed by atoms with Gasteiger partial charge in [0, 0.05) is 5.88 Å². The van der Waals surface area contributed by atoms with Gasteiger partial charge in [0.05, 0.1) is 6.10 Å². The molecule has 120 valence electrons. The van der Waals surface area contributed by atoms with Crippen LogP contribution in [0.5, 0.6) is 0 Å². The third-order valence-corrected chi connectivity index (χ3v) is 4.94. The number of halogens is 1. The molecule has 1 unspecified atom stereocenters. The lowest BCUT2D eigenvalue weighted by Crippen LogP contribution is -2.18. The topological polar surface area (TPSA) is 20.2 Å². The third kappa shape index (κ3) is 4.47. The van der Waals surface area contributed by atoms with Crippen molar-refractivity contribution in [3.8, 4) is 0 Å². The van der Waals surface area contributed by atoms with E-state index in [1.165, 1.54) is 36.0 Å². The maximum atomic E-state index is 9.68. The van der Waals surface area contributed by atoms with E-state index in [1.807, 2.05) is 12.1 Å². The zero-order valence-electron chi connectivity index (χ0n) is 13.9. The van der Waals surface area contributed by atoms with Crippen molar-refractivity contribution in [2.45, 2.75) is 52.6 Å². The lowest BCUT2D eigenvalue weighted by Gasteiger charge is -2.32. The molecule has 0 aliphatic heterocycles. The van der Waals surface area contributed by atoms with Crippen LogP contribution in [-0.2, 0) is 6.42 Å². The van der Waals surface area contributed by atoms with Crippen molar-refractivity contribution in [1.82, 2.24) is 0 Å². The molecule has 0 saturated heterocycles. The summed E-state index contributed by atoms with van der Waals surface area (Å²) in [5.41, 5.74) is 5.57. The molecule has 0 aromatic heterocycles. The highest BCUT2D eigenvalue weighted by molar-refractivity contribution is 6.18. The van der Waals surface area contributed by atoms with Crippen molar-refractivity contribution in [3.05, 3.63) is 52.6 Å². The lowest BCUT2D eigenvalue weighted by atomic mass is 9.72. The fraction of sp³-hybridized carbons (Fsp3) is 0.500. The summed E-state index contributed by atoms with van der Waals surface area (Å²) in [7, 11) is 0. The molecule has 1 N–H and O–H groups in total. The van der Waals surface area contributed by atoms with E-state index in [1.54, 1.807) is 0 Å². The van der Waals surface area contributed by atoms with Gasteiger partial charge in [-0.25, -0.2) is 0 Å². The second kappa shape index (κ2) is 7.48. The number of benzene rings is 1. The van der Waals surface area contributed by atoms with E-state index in [-0.39, 0.29) is 11.3 Å². The molecule has 2 rings (SSSR count). The van der Waals surface area contributed by atoms with Gasteiger partial charge in [0.2, 0.25) is 0 Å². The summed E-state index contributed by atoms with van der Waals surface area (Å²) in [6, 6.07) is 8.34. The highest BCUT2D eigenvalue weighted by Crippen LogP contribution is 2.40. The lowest BCUT2D eigenvalue weighted by molar-refractivity contribution is 0.199. The van der Waals surface area contributed by atoms with Crippen LogP contribution in [0.2, 0.25) is 0 Å². The molecule has 0 bridgehead atoms. The molecule has 22 heavy (non-hydrogen) atoms. The molecule has 2 heteroatoms. The molecule has 0 fully saturated rings. The quantitative estimate of drug-likeness (QED) is 0.724. The summed E-state index contributed by atoms with van der Waals surface area (Å²) in [5, 5.41) is 9.68. The standard InChI is InChI=1S/C20H27ClO/c1-15-6-5-11-20(2,3)19(15)10-9-16-7-4-8-17(12-16)13-18(22)14-21/h4,7-10,12,18,22H,5-6,11,13-14H2,1-3H3/b10-9+. The second-order valence-electron chi connectivity index (χ2n) is 7.02. The molecule has 1 atom stereocenters. The summed E-state index contributed by atoms with van der Waals surface area (Å²) in [6.45, 7) is 6.93. The predicted octanol–water partition coefficient (Wildman–Crippen LogP) is 5.37. The number of aliphatic hydroxyl groups excluding tert-OH is 1. The molecule has 1 aromatic rings. The Morgan fingerprint density at radius 2 is 2.09 bits per heavy atom. The number of aliphatic hydroxyl groups is 1. The van der Waals surface area contributed by atoms with Crippen molar-refractivity contribution in [2.75, 3.05) is 5.88 Å². The van der Waals surface area contributed by atoms with Crippen LogP contribution in [0.3, 0.4) is 0 Å². The van der Waals surface area contributed by atoms with Crippen LogP contribution < -0.4 is 0 Å². The Morgan fingerprint density at radius 1 is 1.32 bits per heavy atom. The Balaban J connectivity index is 2.18. The number of hydrogen-bond donors (Lipinski definition) is 1. The SMILES string of the molecule is CC1=C(/C=C/c2cccc(CC(O)CCl)c2)C(C)(C)CCC1. The van der Waals surface area contributed by atoms with Crippen LogP contribution in [-0.4, -0.2) is 17.1 Å². The molecular formula is C20H27ClO. The van der Waals surface area contributed by atoms with Gasteiger partial charge < -0.3 is 5.11 Å². The fourth-order valence-corrected chi connectivity index (χ4v) is 3.45. The summed E-state index contributed by atoms with van der Waals surface area (Å²) in [5.74, 6) is 0.278. The molecule has 0 amide bonds. The van der Waals surface area contributed by atoms with Crippen molar-refractivity contribution in [3.63, 3.8) is 0 Å². The first-order valence-electron chi connectivity index (χ1n) is 8.13. The highest BCUT2D eigenvalue weighted by Gasteiger charge is 2.26. The van der Waals surface area contributed by atoms with E-state index in [9.17, 15) is 5.11 Å². The fourth-order valence-electron chi connectivity index (χ4n) is 3.34. The van der Waals surface area contributed by atoms with Crippen LogP contribution >= 0.6 is 11.6 Å². The van der Waals surface area contributed by atoms with E-state index in [2.05, 4.69) is 45.1 Å². The largest absolute Gasteiger partial charge is 0.392 e. The van der Waals surface area contributed by atoms with E-state index in [4.69, 9.17) is 11.6 Å². The minimum Gasteiger partial charge on any atom is -0.392 e. The zero-order chi connectivity index (χ0) is 16.2. The molecule has 0 heterocycles. The van der Waals surface area contributed by atoms with Crippen molar-refractivity contribution < 1.29 is 5.11 Å². The van der Waals surface area contributed by atoms with Crippen molar-refractivity contribution >= 4 is 17.7 Å². The van der Waals surface area contributed by atoms with Gasteiger partial charge in [0.25, 0.3) is 0 Å². The van der Waals surface area contributed by atoms with Crippen LogP contribution in [0, 0.1) is 5.41 Å². The van der Waals surface area contributed by atoms with E-state index in [0.717, 1.165) is 5.56 Å². The molecule has 1 aliphatic carbocycles. The highest BCUT2D eigenvalue weighted by atomic mass is 35.5. The van der Waals surface area contributed by atoms with Gasteiger partial charge in [-0.15, -0.1) is 11.6 Å². The number of alkyl halides is 1. The molecule has 0 spiro atoms. The van der Waals surface area contributed by atoms with Crippen LogP contribution in [0.25, 0.3) is 6.08 Å². The van der Waals surface area contributed by atoms with Crippen LogP contribution in [0.1, 0.15) is 51.2 Å². The number of hydrogen-bond acceptors (Lipinski definition) is 1. The first-order valence-corrected chi connectivity index (χ1v) is 8.67. The molecule has 0 saturated carbocycles. The zero-order valence-corrected chi connectivity index (χ0v) is 14.7. The van der Waals surface area contributed by atoms with Gasteiger partial charge in [-0.1, -0.05) is 55.8 Å². The number of allylic oxidation sites excluding steroid dienone is 3.